The van der Waals surface area contributed by atoms with Crippen LogP contribution in [0.2, 0.25) is 0 Å². The molecule has 2 aromatic rings. The topological polar surface area (TPSA) is 58.6 Å². The number of benzene rings is 2. The van der Waals surface area contributed by atoms with E-state index >= 15 is 0 Å². The van der Waals surface area contributed by atoms with Crippen LogP contribution in [0.4, 0.5) is 36.8 Å². The van der Waals surface area contributed by atoms with E-state index in [4.69, 9.17) is 16.3 Å². The highest BCUT2D eigenvalue weighted by Gasteiger charge is 2.31. The van der Waals surface area contributed by atoms with Gasteiger partial charge >= 0.3 is 11.5 Å². The van der Waals surface area contributed by atoms with E-state index in [1.165, 1.54) is 0 Å². The van der Waals surface area contributed by atoms with Gasteiger partial charge in [-0.15, -0.1) is 11.6 Å². The molecule has 0 aliphatic heterocycles. The minimum Gasteiger partial charge on any atom is -0.359 e. The van der Waals surface area contributed by atoms with Gasteiger partial charge in [-0.05, 0) is 42.1 Å². The number of carbonyl (C=O) groups excluding carboxylic acids is 2. The Bertz CT molecular complexity index is 940. The molecule has 0 heterocycles. The Morgan fingerprint density at radius 1 is 1.06 bits per heavy atom. The second-order valence-corrected chi connectivity index (χ2v) is 7.19. The number of urea groups is 1. The van der Waals surface area contributed by atoms with Gasteiger partial charge in [0.15, 0.2) is 0 Å². The van der Waals surface area contributed by atoms with Gasteiger partial charge in [0.2, 0.25) is 0 Å². The van der Waals surface area contributed by atoms with Crippen LogP contribution in [-0.2, 0) is 4.74 Å². The van der Waals surface area contributed by atoms with E-state index < -0.39 is 69.5 Å². The van der Waals surface area contributed by atoms with Gasteiger partial charge in [0.1, 0.15) is 29.7 Å². The first-order chi connectivity index (χ1) is 14.5. The maximum Gasteiger partial charge on any atom is 0.446 e. The summed E-state index contributed by atoms with van der Waals surface area (Å²) in [6.45, 7) is -0.912. The number of ether oxygens (including phenoxy) is 1. The molecule has 0 spiro atoms. The van der Waals surface area contributed by atoms with Gasteiger partial charge in [-0.2, -0.15) is 13.2 Å². The third kappa shape index (κ3) is 7.04. The van der Waals surface area contributed by atoms with E-state index in [9.17, 15) is 35.9 Å². The fraction of sp³-hybridized carbons (Fsp3) is 0.222. The Hall–Kier alpha value is -2.44. The average Bonchev–Trinajstić information content (AvgIpc) is 2.66. The maximum atomic E-state index is 14.1. The van der Waals surface area contributed by atoms with Gasteiger partial charge in [0.25, 0.3) is 5.91 Å². The maximum absolute atomic E-state index is 14.1. The standard InChI is InChI=1S/C18H13ClF6N2O3S/c19-6-7-30-9-27(16(28)15-11(20)2-1-3-12(15)21)17(29)26-14-5-4-10(8-13(14)22)31-18(23,24)25/h1-5,8H,6-7,9H2,(H,26,29). The zero-order valence-electron chi connectivity index (χ0n) is 15.3. The van der Waals surface area contributed by atoms with E-state index in [2.05, 4.69) is 0 Å². The number of hydrogen-bond donors (Lipinski definition) is 1. The quantitative estimate of drug-likeness (QED) is 0.182. The van der Waals surface area contributed by atoms with Crippen molar-refractivity contribution in [3.05, 3.63) is 59.4 Å². The number of thioether (sulfide) groups is 1. The molecule has 13 heteroatoms. The van der Waals surface area contributed by atoms with E-state index in [1.54, 1.807) is 0 Å². The lowest BCUT2D eigenvalue weighted by Crippen LogP contribution is -2.42. The molecule has 1 N–H and O–H groups in total. The van der Waals surface area contributed by atoms with Gasteiger partial charge in [0, 0.05) is 10.8 Å². The van der Waals surface area contributed by atoms with Crippen LogP contribution in [0.3, 0.4) is 0 Å². The summed E-state index contributed by atoms with van der Waals surface area (Å²) >= 11 is 4.88. The average molecular weight is 487 g/mol. The fourth-order valence-corrected chi connectivity index (χ4v) is 2.91. The molecule has 0 aliphatic rings. The van der Waals surface area contributed by atoms with Crippen molar-refractivity contribution < 1.29 is 40.7 Å². The van der Waals surface area contributed by atoms with Crippen LogP contribution in [0.1, 0.15) is 10.4 Å². The fourth-order valence-electron chi connectivity index (χ4n) is 2.23. The molecule has 2 rings (SSSR count). The molecule has 0 radical (unpaired) electrons. The number of hydrogen-bond acceptors (Lipinski definition) is 4. The minimum absolute atomic E-state index is 0.0231. The lowest BCUT2D eigenvalue weighted by Gasteiger charge is -2.22. The number of anilines is 1. The number of nitrogens with zero attached hydrogens (tertiary/aromatic N) is 1. The molecule has 3 amide bonds. The van der Waals surface area contributed by atoms with Gasteiger partial charge in [0.05, 0.1) is 12.3 Å². The molecule has 0 atom stereocenters. The van der Waals surface area contributed by atoms with Crippen LogP contribution < -0.4 is 5.32 Å². The second kappa shape index (κ2) is 10.7. The van der Waals surface area contributed by atoms with Crippen molar-refractivity contribution in [1.29, 1.82) is 0 Å². The van der Waals surface area contributed by atoms with E-state index in [0.29, 0.717) is 6.07 Å². The third-order valence-electron chi connectivity index (χ3n) is 3.52. The van der Waals surface area contributed by atoms with Crippen molar-refractivity contribution in [2.75, 3.05) is 24.5 Å². The van der Waals surface area contributed by atoms with Crippen LogP contribution in [0.5, 0.6) is 0 Å². The smallest absolute Gasteiger partial charge is 0.359 e. The Balaban J connectivity index is 2.26. The SMILES string of the molecule is O=C(Nc1ccc(SC(F)(F)F)cc1F)N(COCCCl)C(=O)c1c(F)cccc1F. The monoisotopic (exact) mass is 486 g/mol. The largest absolute Gasteiger partial charge is 0.446 e. The minimum atomic E-state index is -4.65. The van der Waals surface area contributed by atoms with E-state index in [0.717, 1.165) is 30.3 Å². The summed E-state index contributed by atoms with van der Waals surface area (Å²) in [7, 11) is 0. The molecule has 168 valence electrons. The highest BCUT2D eigenvalue weighted by atomic mass is 35.5. The summed E-state index contributed by atoms with van der Waals surface area (Å²) in [5, 5.41) is 1.96. The zero-order chi connectivity index (χ0) is 23.2. The van der Waals surface area contributed by atoms with Crippen molar-refractivity contribution in [3.63, 3.8) is 0 Å². The molecular weight excluding hydrogens is 474 g/mol. The lowest BCUT2D eigenvalue weighted by atomic mass is 10.1. The highest BCUT2D eigenvalue weighted by Crippen LogP contribution is 2.37. The van der Waals surface area contributed by atoms with Crippen LogP contribution in [0, 0.1) is 17.5 Å². The van der Waals surface area contributed by atoms with Crippen molar-refractivity contribution in [3.8, 4) is 0 Å². The normalized spacial score (nSPS) is 11.3. The molecule has 0 fully saturated rings. The summed E-state index contributed by atoms with van der Waals surface area (Å²) in [4.78, 5) is 24.8. The van der Waals surface area contributed by atoms with E-state index in [1.807, 2.05) is 5.32 Å². The highest BCUT2D eigenvalue weighted by molar-refractivity contribution is 8.00. The molecule has 0 saturated carbocycles. The first kappa shape index (κ1) is 24.8. The summed E-state index contributed by atoms with van der Waals surface area (Å²) in [6, 6.07) is 3.52. The second-order valence-electron chi connectivity index (χ2n) is 5.68. The summed E-state index contributed by atoms with van der Waals surface area (Å²) in [5.74, 6) is -5.18. The van der Waals surface area contributed by atoms with Crippen molar-refractivity contribution in [1.82, 2.24) is 4.90 Å². The molecule has 0 bridgehead atoms. The predicted octanol–water partition coefficient (Wildman–Crippen LogP) is 5.60. The number of nitrogens with one attached hydrogen (secondary N) is 1. The Kier molecular flexibility index (Phi) is 8.60. The molecule has 0 saturated heterocycles. The number of carbonyl (C=O) groups is 2. The van der Waals surface area contributed by atoms with Crippen LogP contribution in [0.15, 0.2) is 41.3 Å². The summed E-state index contributed by atoms with van der Waals surface area (Å²) in [6.07, 6.45) is 0. The number of amides is 3. The number of rotatable bonds is 7. The third-order valence-corrected chi connectivity index (χ3v) is 4.40. The van der Waals surface area contributed by atoms with Crippen molar-refractivity contribution in [2.45, 2.75) is 10.4 Å². The number of imide groups is 1. The van der Waals surface area contributed by atoms with Crippen LogP contribution >= 0.6 is 23.4 Å². The van der Waals surface area contributed by atoms with Crippen molar-refractivity contribution >= 4 is 41.0 Å². The molecule has 2 aromatic carbocycles. The van der Waals surface area contributed by atoms with Gasteiger partial charge in [-0.3, -0.25) is 4.79 Å². The summed E-state index contributed by atoms with van der Waals surface area (Å²) < 4.78 is 84.2. The summed E-state index contributed by atoms with van der Waals surface area (Å²) in [5.41, 5.74) is -6.27. The first-order valence-electron chi connectivity index (χ1n) is 8.29. The Labute approximate surface area is 181 Å². The molecule has 0 aromatic heterocycles. The Morgan fingerprint density at radius 2 is 1.71 bits per heavy atom. The number of halogens is 7. The molecule has 31 heavy (non-hydrogen) atoms. The number of alkyl halides is 4. The van der Waals surface area contributed by atoms with Crippen molar-refractivity contribution in [2.24, 2.45) is 0 Å². The van der Waals surface area contributed by atoms with Gasteiger partial charge in [-0.1, -0.05) is 6.07 Å². The molecule has 0 aliphatic carbocycles. The van der Waals surface area contributed by atoms with Gasteiger partial charge < -0.3 is 10.1 Å². The van der Waals surface area contributed by atoms with Gasteiger partial charge in [-0.25, -0.2) is 22.9 Å². The van der Waals surface area contributed by atoms with Crippen LogP contribution in [0.25, 0.3) is 0 Å². The molecule has 0 unspecified atom stereocenters. The molecule has 5 nitrogen and oxygen atoms in total. The lowest BCUT2D eigenvalue weighted by molar-refractivity contribution is -0.0328. The Morgan fingerprint density at radius 3 is 2.26 bits per heavy atom. The van der Waals surface area contributed by atoms with E-state index in [-0.39, 0.29) is 17.4 Å². The first-order valence-corrected chi connectivity index (χ1v) is 9.64. The van der Waals surface area contributed by atoms with Crippen LogP contribution in [-0.4, -0.2) is 41.6 Å². The predicted molar refractivity (Wildman–Crippen MR) is 101 cm³/mol. The molecular formula is C18H13ClF6N2O3S. The zero-order valence-corrected chi connectivity index (χ0v) is 16.9.